The average Bonchev–Trinajstić information content (AvgIpc) is 3.22. The number of hydrogen-bond acceptors (Lipinski definition) is 7. The first-order valence-corrected chi connectivity index (χ1v) is 9.61. The van der Waals surface area contributed by atoms with E-state index in [1.165, 1.54) is 62.4 Å². The Labute approximate surface area is 188 Å². The number of esters is 3. The summed E-state index contributed by atoms with van der Waals surface area (Å²) in [4.78, 5) is 35.4. The Bertz CT molecular complexity index is 1250. The fourth-order valence-corrected chi connectivity index (χ4v) is 2.48. The number of halogens is 1. The van der Waals surface area contributed by atoms with Crippen molar-refractivity contribution in [2.45, 2.75) is 13.8 Å². The van der Waals surface area contributed by atoms with Crippen LogP contribution < -0.4 is 14.2 Å². The Morgan fingerprint density at radius 3 is 1.94 bits per heavy atom. The Morgan fingerprint density at radius 1 is 0.788 bits per heavy atom. The molecule has 0 amide bonds. The van der Waals surface area contributed by atoms with E-state index in [1.807, 2.05) is 0 Å². The zero-order valence-corrected chi connectivity index (χ0v) is 17.8. The third-order valence-corrected chi connectivity index (χ3v) is 4.19. The van der Waals surface area contributed by atoms with Crippen LogP contribution in [-0.4, -0.2) is 17.9 Å². The molecule has 33 heavy (non-hydrogen) atoms. The van der Waals surface area contributed by atoms with Crippen LogP contribution in [0.15, 0.2) is 83.3 Å². The van der Waals surface area contributed by atoms with Gasteiger partial charge in [-0.25, -0.2) is 18.8 Å². The minimum atomic E-state index is -0.726. The largest absolute Gasteiger partial charge is 0.425 e. The van der Waals surface area contributed by atoms with Gasteiger partial charge in [0.15, 0.2) is 0 Å². The Morgan fingerprint density at radius 2 is 1.36 bits per heavy atom. The molecule has 8 heteroatoms. The molecule has 3 aromatic rings. The summed E-state index contributed by atoms with van der Waals surface area (Å²) in [5.74, 6) is -2.46. The van der Waals surface area contributed by atoms with E-state index < -0.39 is 23.7 Å². The van der Waals surface area contributed by atoms with Gasteiger partial charge in [-0.15, -0.1) is 0 Å². The van der Waals surface area contributed by atoms with Crippen molar-refractivity contribution in [3.63, 3.8) is 0 Å². The van der Waals surface area contributed by atoms with Crippen LogP contribution >= 0.6 is 0 Å². The minimum Gasteiger partial charge on any atom is -0.425 e. The number of benzene rings is 2. The van der Waals surface area contributed by atoms with E-state index in [-0.39, 0.29) is 45.5 Å². The lowest BCUT2D eigenvalue weighted by molar-refractivity contribution is -0.130. The lowest BCUT2D eigenvalue weighted by Gasteiger charge is -2.06. The minimum absolute atomic E-state index is 0.0137. The smallest absolute Gasteiger partial charge is 0.345 e. The van der Waals surface area contributed by atoms with Gasteiger partial charge in [-0.2, -0.15) is 0 Å². The van der Waals surface area contributed by atoms with Crippen molar-refractivity contribution < 1.29 is 37.4 Å². The summed E-state index contributed by atoms with van der Waals surface area (Å²) in [6.45, 7) is 9.95. The first kappa shape index (κ1) is 23.2. The number of carbonyl (C=O) groups is 3. The van der Waals surface area contributed by atoms with Crippen LogP contribution in [0.4, 0.5) is 4.39 Å². The van der Waals surface area contributed by atoms with Gasteiger partial charge in [0.2, 0.25) is 0 Å². The second-order valence-corrected chi connectivity index (χ2v) is 7.01. The van der Waals surface area contributed by atoms with Gasteiger partial charge in [-0.05, 0) is 56.3 Å². The molecule has 0 unspecified atom stereocenters. The van der Waals surface area contributed by atoms with Crippen LogP contribution in [0.2, 0.25) is 0 Å². The van der Waals surface area contributed by atoms with E-state index in [0.29, 0.717) is 0 Å². The zero-order chi connectivity index (χ0) is 24.1. The van der Waals surface area contributed by atoms with Gasteiger partial charge in [-0.3, -0.25) is 0 Å². The molecule has 0 N–H and O–H groups in total. The maximum Gasteiger partial charge on any atom is 0.345 e. The lowest BCUT2D eigenvalue weighted by atomic mass is 10.1. The number of ether oxygens (including phenoxy) is 3. The molecule has 1 heterocycles. The Balaban J connectivity index is 1.67. The SMILES string of the molecule is C=C(C)C(=O)Oc1ccc(C(=O)Oc2ccc(-c3ccc(OC(=O)C(=C)C)cc3F)o2)cc1. The molecule has 168 valence electrons. The van der Waals surface area contributed by atoms with E-state index in [1.54, 1.807) is 0 Å². The maximum absolute atomic E-state index is 14.5. The molecule has 0 saturated carbocycles. The van der Waals surface area contributed by atoms with Crippen molar-refractivity contribution in [3.8, 4) is 28.8 Å². The number of carbonyl (C=O) groups excluding carboxylic acids is 3. The topological polar surface area (TPSA) is 92.0 Å². The predicted molar refractivity (Wildman–Crippen MR) is 116 cm³/mol. The van der Waals surface area contributed by atoms with Gasteiger partial charge >= 0.3 is 17.9 Å². The summed E-state index contributed by atoms with van der Waals surface area (Å²) >= 11 is 0. The van der Waals surface area contributed by atoms with Crippen molar-refractivity contribution in [1.29, 1.82) is 0 Å². The van der Waals surface area contributed by atoms with Gasteiger partial charge in [0, 0.05) is 23.3 Å². The molecule has 0 aliphatic rings. The molecular weight excluding hydrogens is 431 g/mol. The Hall–Kier alpha value is -4.46. The molecule has 7 nitrogen and oxygen atoms in total. The normalized spacial score (nSPS) is 10.3. The van der Waals surface area contributed by atoms with E-state index in [2.05, 4.69) is 13.2 Å². The van der Waals surface area contributed by atoms with Gasteiger partial charge in [0.25, 0.3) is 5.95 Å². The van der Waals surface area contributed by atoms with Crippen molar-refractivity contribution >= 4 is 17.9 Å². The molecule has 3 rings (SSSR count). The van der Waals surface area contributed by atoms with Crippen molar-refractivity contribution in [2.75, 3.05) is 0 Å². The maximum atomic E-state index is 14.5. The molecule has 0 atom stereocenters. The number of hydrogen-bond donors (Lipinski definition) is 0. The molecule has 2 aromatic carbocycles. The molecule has 0 radical (unpaired) electrons. The van der Waals surface area contributed by atoms with Crippen molar-refractivity contribution in [2.24, 2.45) is 0 Å². The number of furan rings is 1. The molecule has 0 aliphatic heterocycles. The van der Waals surface area contributed by atoms with E-state index >= 15 is 0 Å². The molecule has 1 aromatic heterocycles. The average molecular weight is 450 g/mol. The standard InChI is InChI=1S/C25H19FO7/c1-14(2)23(27)30-17-7-5-16(6-8-17)25(29)33-22-12-11-21(32-22)19-10-9-18(13-20(19)26)31-24(28)15(3)4/h5-13H,1,3H2,2,4H3. The van der Waals surface area contributed by atoms with Crippen LogP contribution in [0.5, 0.6) is 17.4 Å². The van der Waals surface area contributed by atoms with E-state index in [9.17, 15) is 18.8 Å². The molecule has 0 fully saturated rings. The predicted octanol–water partition coefficient (Wildman–Crippen LogP) is 5.27. The quantitative estimate of drug-likeness (QED) is 0.275. The lowest BCUT2D eigenvalue weighted by Crippen LogP contribution is -2.10. The molecule has 0 spiro atoms. The molecular formula is C25H19FO7. The van der Waals surface area contributed by atoms with Gasteiger partial charge in [-0.1, -0.05) is 13.2 Å². The third-order valence-electron chi connectivity index (χ3n) is 4.19. The molecule has 0 aliphatic carbocycles. The Kier molecular flexibility index (Phi) is 6.88. The van der Waals surface area contributed by atoms with Crippen LogP contribution in [0.1, 0.15) is 24.2 Å². The van der Waals surface area contributed by atoms with Crippen LogP contribution in [0.3, 0.4) is 0 Å². The van der Waals surface area contributed by atoms with Gasteiger partial charge < -0.3 is 18.6 Å². The fraction of sp³-hybridized carbons (Fsp3) is 0.0800. The van der Waals surface area contributed by atoms with E-state index in [4.69, 9.17) is 18.6 Å². The molecule has 0 bridgehead atoms. The second kappa shape index (κ2) is 9.78. The highest BCUT2D eigenvalue weighted by molar-refractivity contribution is 5.92. The fourth-order valence-electron chi connectivity index (χ4n) is 2.48. The second-order valence-electron chi connectivity index (χ2n) is 7.01. The van der Waals surface area contributed by atoms with Gasteiger partial charge in [0.05, 0.1) is 11.1 Å². The van der Waals surface area contributed by atoms with Crippen LogP contribution in [0, 0.1) is 5.82 Å². The third kappa shape index (κ3) is 5.82. The first-order chi connectivity index (χ1) is 15.6. The summed E-state index contributed by atoms with van der Waals surface area (Å²) in [6.07, 6.45) is 0. The summed E-state index contributed by atoms with van der Waals surface area (Å²) in [6, 6.07) is 12.3. The van der Waals surface area contributed by atoms with Crippen molar-refractivity contribution in [3.05, 3.63) is 90.3 Å². The first-order valence-electron chi connectivity index (χ1n) is 9.61. The highest BCUT2D eigenvalue weighted by Crippen LogP contribution is 2.31. The van der Waals surface area contributed by atoms with Gasteiger partial charge in [0.1, 0.15) is 23.1 Å². The number of rotatable bonds is 7. The summed E-state index contributed by atoms with van der Waals surface area (Å²) in [7, 11) is 0. The van der Waals surface area contributed by atoms with Crippen LogP contribution in [-0.2, 0) is 9.59 Å². The summed E-state index contributed by atoms with van der Waals surface area (Å²) in [5, 5.41) is 0. The monoisotopic (exact) mass is 450 g/mol. The van der Waals surface area contributed by atoms with Crippen molar-refractivity contribution in [1.82, 2.24) is 0 Å². The summed E-state index contributed by atoms with van der Waals surface area (Å²) < 4.78 is 35.1. The highest BCUT2D eigenvalue weighted by atomic mass is 19.1. The summed E-state index contributed by atoms with van der Waals surface area (Å²) in [5.41, 5.74) is 0.680. The molecule has 0 saturated heterocycles. The van der Waals surface area contributed by atoms with E-state index in [0.717, 1.165) is 6.07 Å². The highest BCUT2D eigenvalue weighted by Gasteiger charge is 2.16. The zero-order valence-electron chi connectivity index (χ0n) is 17.8. The van der Waals surface area contributed by atoms with Crippen LogP contribution in [0.25, 0.3) is 11.3 Å².